The number of rotatable bonds is 4. The molecular weight excluding hydrogens is 441 g/mol. The largest absolute Gasteiger partial charge is 0.321 e. The van der Waals surface area contributed by atoms with Gasteiger partial charge in [-0.2, -0.15) is 5.10 Å². The van der Waals surface area contributed by atoms with Crippen LogP contribution < -0.4 is 5.32 Å². The van der Waals surface area contributed by atoms with Crippen LogP contribution in [0.4, 0.5) is 5.69 Å². The number of aromatic nitrogens is 2. The molecule has 0 saturated heterocycles. The molecule has 1 aromatic heterocycles. The molecular formula is C26H23Cl2N3O. The van der Waals surface area contributed by atoms with Gasteiger partial charge < -0.3 is 5.32 Å². The first-order valence-corrected chi connectivity index (χ1v) is 11.0. The Morgan fingerprint density at radius 2 is 1.47 bits per heavy atom. The Labute approximate surface area is 197 Å². The fourth-order valence-corrected chi connectivity index (χ4v) is 3.70. The van der Waals surface area contributed by atoms with Gasteiger partial charge in [0.1, 0.15) is 5.69 Å². The standard InChI is InChI=1S/C26H23Cl2N3O/c1-15-5-7-19(11-17(15)3)24-14-25(26(32)29-20-8-6-16(2)18(4)12-20)31(30-24)21-9-10-22(27)23(28)13-21/h5-14H,1-4H3,(H,29,32). The number of nitrogens with zero attached hydrogens (tertiary/aromatic N) is 2. The van der Waals surface area contributed by atoms with Gasteiger partial charge in [-0.05, 0) is 92.4 Å². The van der Waals surface area contributed by atoms with Gasteiger partial charge in [0.25, 0.3) is 5.91 Å². The Morgan fingerprint density at radius 3 is 2.12 bits per heavy atom. The van der Waals surface area contributed by atoms with Crippen molar-refractivity contribution in [3.8, 4) is 16.9 Å². The van der Waals surface area contributed by atoms with Gasteiger partial charge in [0, 0.05) is 11.3 Å². The van der Waals surface area contributed by atoms with E-state index in [1.165, 1.54) is 11.1 Å². The number of anilines is 1. The van der Waals surface area contributed by atoms with Crippen molar-refractivity contribution in [2.24, 2.45) is 0 Å². The number of aryl methyl sites for hydroxylation is 4. The number of nitrogens with one attached hydrogen (secondary N) is 1. The summed E-state index contributed by atoms with van der Waals surface area (Å²) < 4.78 is 1.60. The number of halogens is 2. The summed E-state index contributed by atoms with van der Waals surface area (Å²) in [5.74, 6) is -0.262. The highest BCUT2D eigenvalue weighted by Gasteiger charge is 2.19. The number of benzene rings is 3. The van der Waals surface area contributed by atoms with E-state index >= 15 is 0 Å². The molecule has 0 radical (unpaired) electrons. The molecule has 1 amide bonds. The maximum atomic E-state index is 13.3. The van der Waals surface area contributed by atoms with E-state index in [0.717, 1.165) is 22.4 Å². The first kappa shape index (κ1) is 22.1. The van der Waals surface area contributed by atoms with Crippen molar-refractivity contribution >= 4 is 34.8 Å². The molecule has 3 aromatic carbocycles. The molecule has 162 valence electrons. The van der Waals surface area contributed by atoms with E-state index in [9.17, 15) is 4.79 Å². The fraction of sp³-hybridized carbons (Fsp3) is 0.154. The monoisotopic (exact) mass is 463 g/mol. The van der Waals surface area contributed by atoms with E-state index in [4.69, 9.17) is 28.3 Å². The van der Waals surface area contributed by atoms with Gasteiger partial charge in [-0.3, -0.25) is 4.79 Å². The highest BCUT2D eigenvalue weighted by atomic mass is 35.5. The minimum absolute atomic E-state index is 0.262. The van der Waals surface area contributed by atoms with Crippen molar-refractivity contribution in [1.29, 1.82) is 0 Å². The quantitative estimate of drug-likeness (QED) is 0.344. The molecule has 0 unspecified atom stereocenters. The molecule has 0 aliphatic rings. The van der Waals surface area contributed by atoms with Crippen LogP contribution in [0.5, 0.6) is 0 Å². The molecule has 4 aromatic rings. The van der Waals surface area contributed by atoms with E-state index < -0.39 is 0 Å². The first-order valence-electron chi connectivity index (χ1n) is 10.2. The molecule has 0 atom stereocenters. The lowest BCUT2D eigenvalue weighted by atomic mass is 10.0. The van der Waals surface area contributed by atoms with Crippen LogP contribution in [-0.4, -0.2) is 15.7 Å². The molecule has 0 saturated carbocycles. The van der Waals surface area contributed by atoms with Crippen molar-refractivity contribution in [3.05, 3.63) is 98.7 Å². The zero-order valence-electron chi connectivity index (χ0n) is 18.3. The lowest BCUT2D eigenvalue weighted by Gasteiger charge is -2.10. The van der Waals surface area contributed by atoms with Gasteiger partial charge in [-0.15, -0.1) is 0 Å². The molecule has 6 heteroatoms. The molecule has 0 bridgehead atoms. The zero-order valence-corrected chi connectivity index (χ0v) is 19.8. The summed E-state index contributed by atoms with van der Waals surface area (Å²) in [6, 6.07) is 19.0. The molecule has 0 fully saturated rings. The van der Waals surface area contributed by atoms with Crippen molar-refractivity contribution in [3.63, 3.8) is 0 Å². The van der Waals surface area contributed by atoms with Crippen LogP contribution in [0.25, 0.3) is 16.9 Å². The molecule has 1 heterocycles. The highest BCUT2D eigenvalue weighted by molar-refractivity contribution is 6.42. The second-order valence-electron chi connectivity index (χ2n) is 7.98. The number of carbonyl (C=O) groups is 1. The van der Waals surface area contributed by atoms with E-state index in [0.29, 0.717) is 27.1 Å². The van der Waals surface area contributed by atoms with E-state index in [1.54, 1.807) is 28.9 Å². The Morgan fingerprint density at radius 1 is 0.781 bits per heavy atom. The van der Waals surface area contributed by atoms with Crippen LogP contribution in [0, 0.1) is 27.7 Å². The summed E-state index contributed by atoms with van der Waals surface area (Å²) in [6.45, 7) is 8.18. The predicted octanol–water partition coefficient (Wildman–Crippen LogP) is 7.33. The summed E-state index contributed by atoms with van der Waals surface area (Å²) >= 11 is 12.3. The smallest absolute Gasteiger partial charge is 0.274 e. The van der Waals surface area contributed by atoms with E-state index in [-0.39, 0.29) is 5.91 Å². The maximum Gasteiger partial charge on any atom is 0.274 e. The Kier molecular flexibility index (Phi) is 6.09. The van der Waals surface area contributed by atoms with Crippen LogP contribution in [-0.2, 0) is 0 Å². The molecule has 32 heavy (non-hydrogen) atoms. The Hall–Kier alpha value is -3.08. The fourth-order valence-electron chi connectivity index (χ4n) is 3.41. The number of carbonyl (C=O) groups excluding carboxylic acids is 1. The van der Waals surface area contributed by atoms with Gasteiger partial charge in [0.2, 0.25) is 0 Å². The average Bonchev–Trinajstić information content (AvgIpc) is 3.20. The molecule has 4 rings (SSSR count). The van der Waals surface area contributed by atoms with Crippen molar-refractivity contribution in [2.75, 3.05) is 5.32 Å². The maximum absolute atomic E-state index is 13.3. The van der Waals surface area contributed by atoms with Gasteiger partial charge in [0.15, 0.2) is 0 Å². The third kappa shape index (κ3) is 4.43. The lowest BCUT2D eigenvalue weighted by molar-refractivity contribution is 0.101. The predicted molar refractivity (Wildman–Crippen MR) is 132 cm³/mol. The summed E-state index contributed by atoms with van der Waals surface area (Å²) in [7, 11) is 0. The van der Waals surface area contributed by atoms with Crippen molar-refractivity contribution < 1.29 is 4.79 Å². The second kappa shape index (κ2) is 8.81. The van der Waals surface area contributed by atoms with Gasteiger partial charge in [0.05, 0.1) is 21.4 Å². The number of hydrogen-bond acceptors (Lipinski definition) is 2. The minimum Gasteiger partial charge on any atom is -0.321 e. The summed E-state index contributed by atoms with van der Waals surface area (Å²) in [5.41, 5.74) is 8.05. The molecule has 4 nitrogen and oxygen atoms in total. The molecule has 1 N–H and O–H groups in total. The normalized spacial score (nSPS) is 10.9. The summed E-state index contributed by atoms with van der Waals surface area (Å²) in [4.78, 5) is 13.3. The van der Waals surface area contributed by atoms with Crippen LogP contribution in [0.3, 0.4) is 0 Å². The topological polar surface area (TPSA) is 46.9 Å². The summed E-state index contributed by atoms with van der Waals surface area (Å²) in [5, 5.41) is 8.57. The zero-order chi connectivity index (χ0) is 23.0. The number of hydrogen-bond donors (Lipinski definition) is 1. The van der Waals surface area contributed by atoms with Gasteiger partial charge in [-0.1, -0.05) is 41.4 Å². The van der Waals surface area contributed by atoms with Crippen LogP contribution in [0.1, 0.15) is 32.7 Å². The van der Waals surface area contributed by atoms with E-state index in [2.05, 4.69) is 31.3 Å². The van der Waals surface area contributed by atoms with Crippen molar-refractivity contribution in [1.82, 2.24) is 9.78 Å². The van der Waals surface area contributed by atoms with Gasteiger partial charge >= 0.3 is 0 Å². The average molecular weight is 464 g/mol. The van der Waals surface area contributed by atoms with Crippen molar-refractivity contribution in [2.45, 2.75) is 27.7 Å². The Bertz CT molecular complexity index is 1340. The first-order chi connectivity index (χ1) is 15.2. The summed E-state index contributed by atoms with van der Waals surface area (Å²) in [6.07, 6.45) is 0. The molecule has 0 aliphatic heterocycles. The third-order valence-electron chi connectivity index (χ3n) is 5.66. The Balaban J connectivity index is 1.80. The lowest BCUT2D eigenvalue weighted by Crippen LogP contribution is -2.17. The van der Waals surface area contributed by atoms with E-state index in [1.807, 2.05) is 38.1 Å². The third-order valence-corrected chi connectivity index (χ3v) is 6.40. The van der Waals surface area contributed by atoms with Crippen LogP contribution in [0.2, 0.25) is 10.0 Å². The molecule has 0 spiro atoms. The highest BCUT2D eigenvalue weighted by Crippen LogP contribution is 2.28. The minimum atomic E-state index is -0.262. The van der Waals surface area contributed by atoms with Gasteiger partial charge in [-0.25, -0.2) is 4.68 Å². The van der Waals surface area contributed by atoms with Crippen LogP contribution >= 0.6 is 23.2 Å². The number of amides is 1. The SMILES string of the molecule is Cc1ccc(NC(=O)c2cc(-c3ccc(C)c(C)c3)nn2-c2ccc(Cl)c(Cl)c2)cc1C. The van der Waals surface area contributed by atoms with Crippen LogP contribution in [0.15, 0.2) is 60.7 Å². The molecule has 0 aliphatic carbocycles. The second-order valence-corrected chi connectivity index (χ2v) is 8.79.